The van der Waals surface area contributed by atoms with Crippen LogP contribution in [0, 0.1) is 11.8 Å². The molecule has 1 N–H and O–H groups in total. The predicted octanol–water partition coefficient (Wildman–Crippen LogP) is 2.21. The lowest BCUT2D eigenvalue weighted by Gasteiger charge is -2.17. The Balaban J connectivity index is 1.96. The molecule has 1 fully saturated rings. The first-order valence-electron chi connectivity index (χ1n) is 7.73. The molecule has 22 heavy (non-hydrogen) atoms. The number of nitrogens with one attached hydrogen (secondary N) is 1. The summed E-state index contributed by atoms with van der Waals surface area (Å²) in [7, 11) is 1.59. The van der Waals surface area contributed by atoms with E-state index in [1.165, 1.54) is 0 Å². The number of amides is 2. The molecule has 0 radical (unpaired) electrons. The van der Waals surface area contributed by atoms with Crippen LogP contribution in [0.5, 0.6) is 5.75 Å². The van der Waals surface area contributed by atoms with Gasteiger partial charge in [0, 0.05) is 31.3 Å². The van der Waals surface area contributed by atoms with E-state index in [1.807, 2.05) is 24.3 Å². The summed E-state index contributed by atoms with van der Waals surface area (Å²) in [6.07, 6.45) is 1.22. The third-order valence-corrected chi connectivity index (χ3v) is 3.88. The molecule has 0 aromatic heterocycles. The van der Waals surface area contributed by atoms with Crippen LogP contribution in [0.1, 0.15) is 26.7 Å². The van der Waals surface area contributed by atoms with Crippen LogP contribution in [0.3, 0.4) is 0 Å². The molecule has 5 nitrogen and oxygen atoms in total. The van der Waals surface area contributed by atoms with Gasteiger partial charge in [0.2, 0.25) is 11.8 Å². The van der Waals surface area contributed by atoms with Gasteiger partial charge in [-0.05, 0) is 24.5 Å². The molecule has 0 saturated carbocycles. The summed E-state index contributed by atoms with van der Waals surface area (Å²) in [5, 5.41) is 2.93. The van der Waals surface area contributed by atoms with Crippen molar-refractivity contribution in [3.63, 3.8) is 0 Å². The zero-order valence-corrected chi connectivity index (χ0v) is 13.5. The van der Waals surface area contributed by atoms with E-state index in [0.717, 1.165) is 12.1 Å². The number of anilines is 1. The molecule has 5 heteroatoms. The van der Waals surface area contributed by atoms with E-state index in [-0.39, 0.29) is 24.2 Å². The van der Waals surface area contributed by atoms with E-state index in [0.29, 0.717) is 24.8 Å². The van der Waals surface area contributed by atoms with E-state index in [2.05, 4.69) is 19.2 Å². The summed E-state index contributed by atoms with van der Waals surface area (Å²) in [6.45, 7) is 5.34. The second-order valence-corrected chi connectivity index (χ2v) is 6.08. The zero-order valence-electron chi connectivity index (χ0n) is 13.5. The molecule has 1 aromatic carbocycles. The molecule has 1 atom stereocenters. The molecule has 1 aromatic rings. The third kappa shape index (κ3) is 4.00. The second-order valence-electron chi connectivity index (χ2n) is 6.08. The molecule has 1 aliphatic heterocycles. The van der Waals surface area contributed by atoms with E-state index >= 15 is 0 Å². The maximum absolute atomic E-state index is 12.2. The fraction of sp³-hybridized carbons (Fsp3) is 0.529. The molecule has 1 saturated heterocycles. The standard InChI is InChI=1S/C17H24N2O3/c1-12(2)7-8-18-17(21)13-9-16(20)19(11-13)14-5-4-6-15(10-14)22-3/h4-6,10,12-13H,7-9,11H2,1-3H3,(H,18,21). The third-order valence-electron chi connectivity index (χ3n) is 3.88. The molecule has 1 heterocycles. The van der Waals surface area contributed by atoms with Crippen LogP contribution >= 0.6 is 0 Å². The molecule has 1 unspecified atom stereocenters. The summed E-state index contributed by atoms with van der Waals surface area (Å²) >= 11 is 0. The second kappa shape index (κ2) is 7.29. The van der Waals surface area contributed by atoms with Crippen molar-refractivity contribution in [3.8, 4) is 5.75 Å². The zero-order chi connectivity index (χ0) is 16.1. The van der Waals surface area contributed by atoms with Gasteiger partial charge in [-0.15, -0.1) is 0 Å². The maximum Gasteiger partial charge on any atom is 0.227 e. The fourth-order valence-corrected chi connectivity index (χ4v) is 2.54. The Morgan fingerprint density at radius 2 is 2.23 bits per heavy atom. The number of hydrogen-bond donors (Lipinski definition) is 1. The van der Waals surface area contributed by atoms with Gasteiger partial charge in [0.05, 0.1) is 13.0 Å². The largest absolute Gasteiger partial charge is 0.497 e. The Hall–Kier alpha value is -2.04. The van der Waals surface area contributed by atoms with Crippen LogP contribution < -0.4 is 15.0 Å². The highest BCUT2D eigenvalue weighted by molar-refractivity contribution is 6.00. The highest BCUT2D eigenvalue weighted by Gasteiger charge is 2.35. The minimum Gasteiger partial charge on any atom is -0.497 e. The SMILES string of the molecule is COc1cccc(N2CC(C(=O)NCCC(C)C)CC2=O)c1. The van der Waals surface area contributed by atoms with Gasteiger partial charge in [-0.1, -0.05) is 19.9 Å². The quantitative estimate of drug-likeness (QED) is 0.876. The normalized spacial score (nSPS) is 17.9. The summed E-state index contributed by atoms with van der Waals surface area (Å²) in [5.74, 6) is 0.941. The molecule has 1 aliphatic rings. The highest BCUT2D eigenvalue weighted by atomic mass is 16.5. The number of benzene rings is 1. The van der Waals surface area contributed by atoms with Crippen molar-refractivity contribution in [2.75, 3.05) is 25.1 Å². The average Bonchev–Trinajstić information content (AvgIpc) is 2.89. The number of carbonyl (C=O) groups excluding carboxylic acids is 2. The number of rotatable bonds is 6. The van der Waals surface area contributed by atoms with E-state index in [1.54, 1.807) is 12.0 Å². The molecule has 2 rings (SSSR count). The number of nitrogens with zero attached hydrogens (tertiary/aromatic N) is 1. The van der Waals surface area contributed by atoms with Gasteiger partial charge in [0.15, 0.2) is 0 Å². The van der Waals surface area contributed by atoms with Gasteiger partial charge in [0.1, 0.15) is 5.75 Å². The van der Waals surface area contributed by atoms with Crippen molar-refractivity contribution < 1.29 is 14.3 Å². The van der Waals surface area contributed by atoms with E-state index < -0.39 is 0 Å². The molecular weight excluding hydrogens is 280 g/mol. The van der Waals surface area contributed by atoms with Gasteiger partial charge < -0.3 is 15.0 Å². The van der Waals surface area contributed by atoms with Crippen LogP contribution in [-0.2, 0) is 9.59 Å². The van der Waals surface area contributed by atoms with Crippen molar-refractivity contribution in [2.45, 2.75) is 26.7 Å². The van der Waals surface area contributed by atoms with Crippen LogP contribution in [0.2, 0.25) is 0 Å². The number of carbonyl (C=O) groups is 2. The first-order valence-corrected chi connectivity index (χ1v) is 7.73. The Bertz CT molecular complexity index is 542. The number of hydrogen-bond acceptors (Lipinski definition) is 3. The van der Waals surface area contributed by atoms with Crippen molar-refractivity contribution in [3.05, 3.63) is 24.3 Å². The molecular formula is C17H24N2O3. The lowest BCUT2D eigenvalue weighted by Crippen LogP contribution is -2.33. The first kappa shape index (κ1) is 16.3. The predicted molar refractivity (Wildman–Crippen MR) is 85.9 cm³/mol. The highest BCUT2D eigenvalue weighted by Crippen LogP contribution is 2.27. The Morgan fingerprint density at radius 1 is 1.45 bits per heavy atom. The Kier molecular flexibility index (Phi) is 5.41. The van der Waals surface area contributed by atoms with Gasteiger partial charge >= 0.3 is 0 Å². The Labute approximate surface area is 131 Å². The monoisotopic (exact) mass is 304 g/mol. The molecule has 2 amide bonds. The van der Waals surface area contributed by atoms with Gasteiger partial charge in [-0.25, -0.2) is 0 Å². The summed E-state index contributed by atoms with van der Waals surface area (Å²) in [4.78, 5) is 26.0. The number of ether oxygens (including phenoxy) is 1. The van der Waals surface area contributed by atoms with Crippen molar-refractivity contribution in [2.24, 2.45) is 11.8 Å². The summed E-state index contributed by atoms with van der Waals surface area (Å²) in [5.41, 5.74) is 0.779. The van der Waals surface area contributed by atoms with Crippen molar-refractivity contribution >= 4 is 17.5 Å². The van der Waals surface area contributed by atoms with Crippen molar-refractivity contribution in [1.82, 2.24) is 5.32 Å². The minimum absolute atomic E-state index is 0.0164. The van der Waals surface area contributed by atoms with Crippen LogP contribution in [0.15, 0.2) is 24.3 Å². The van der Waals surface area contributed by atoms with Gasteiger partial charge in [0.25, 0.3) is 0 Å². The summed E-state index contributed by atoms with van der Waals surface area (Å²) < 4.78 is 5.18. The molecule has 0 aliphatic carbocycles. The van der Waals surface area contributed by atoms with Crippen molar-refractivity contribution in [1.29, 1.82) is 0 Å². The van der Waals surface area contributed by atoms with E-state index in [9.17, 15) is 9.59 Å². The molecule has 120 valence electrons. The lowest BCUT2D eigenvalue weighted by atomic mass is 10.1. The Morgan fingerprint density at radius 3 is 2.91 bits per heavy atom. The smallest absolute Gasteiger partial charge is 0.227 e. The molecule has 0 bridgehead atoms. The van der Waals surface area contributed by atoms with Gasteiger partial charge in [-0.2, -0.15) is 0 Å². The topological polar surface area (TPSA) is 58.6 Å². The first-order chi connectivity index (χ1) is 10.5. The van der Waals surface area contributed by atoms with Crippen LogP contribution in [0.4, 0.5) is 5.69 Å². The maximum atomic E-state index is 12.2. The minimum atomic E-state index is -0.272. The number of methoxy groups -OCH3 is 1. The van der Waals surface area contributed by atoms with Gasteiger partial charge in [-0.3, -0.25) is 9.59 Å². The van der Waals surface area contributed by atoms with Crippen LogP contribution in [0.25, 0.3) is 0 Å². The summed E-state index contributed by atoms with van der Waals surface area (Å²) in [6, 6.07) is 7.36. The average molecular weight is 304 g/mol. The van der Waals surface area contributed by atoms with Crippen LogP contribution in [-0.4, -0.2) is 32.0 Å². The van der Waals surface area contributed by atoms with E-state index in [4.69, 9.17) is 4.74 Å². The molecule has 0 spiro atoms. The fourth-order valence-electron chi connectivity index (χ4n) is 2.54. The lowest BCUT2D eigenvalue weighted by molar-refractivity contribution is -0.126.